The van der Waals surface area contributed by atoms with Gasteiger partial charge in [0.1, 0.15) is 0 Å². The fourth-order valence-electron chi connectivity index (χ4n) is 7.13. The molecule has 0 bridgehead atoms. The van der Waals surface area contributed by atoms with E-state index in [1.165, 1.54) is 89.2 Å². The summed E-state index contributed by atoms with van der Waals surface area (Å²) in [6.07, 6.45) is 13.2. The largest absolute Gasteiger partial charge is 0.135 e. The standard InChI is InChI=1S/C38H30S/c1-2-12-25(13-3-1)27-14-4-5-16-29(27)38-32-19-8-6-17-30(32)37(31-18-7-9-20-33(31)38)26-22-23-36-34(24-26)28-15-10-11-21-35(28)39-36/h1-3,6,8-15,17,19-24,29H,4-5,7,16,18H2. The second-order valence-corrected chi connectivity index (χ2v) is 12.1. The Balaban J connectivity index is 1.41. The first-order valence-electron chi connectivity index (χ1n) is 14.3. The van der Waals surface area contributed by atoms with Crippen LogP contribution in [0.1, 0.15) is 53.9 Å². The van der Waals surface area contributed by atoms with Crippen LogP contribution in [-0.2, 0) is 6.42 Å². The van der Waals surface area contributed by atoms with E-state index in [4.69, 9.17) is 0 Å². The Morgan fingerprint density at radius 3 is 2.31 bits per heavy atom. The van der Waals surface area contributed by atoms with Crippen molar-refractivity contribution in [3.63, 3.8) is 0 Å². The van der Waals surface area contributed by atoms with Crippen molar-refractivity contribution in [1.82, 2.24) is 0 Å². The van der Waals surface area contributed by atoms with Crippen molar-refractivity contribution >= 4 is 53.9 Å². The zero-order valence-electron chi connectivity index (χ0n) is 22.0. The molecule has 0 spiro atoms. The Morgan fingerprint density at radius 2 is 1.41 bits per heavy atom. The number of hydrogen-bond donors (Lipinski definition) is 0. The lowest BCUT2D eigenvalue weighted by atomic mass is 9.72. The maximum Gasteiger partial charge on any atom is 0.0355 e. The predicted octanol–water partition coefficient (Wildman–Crippen LogP) is 11.2. The van der Waals surface area contributed by atoms with Gasteiger partial charge in [-0.25, -0.2) is 0 Å². The summed E-state index contributed by atoms with van der Waals surface area (Å²) in [4.78, 5) is 0. The molecular weight excluding hydrogens is 488 g/mol. The minimum Gasteiger partial charge on any atom is -0.135 e. The number of hydrogen-bond acceptors (Lipinski definition) is 1. The summed E-state index contributed by atoms with van der Waals surface area (Å²) in [5.41, 5.74) is 10.2. The van der Waals surface area contributed by atoms with E-state index in [1.54, 1.807) is 0 Å². The van der Waals surface area contributed by atoms with Crippen molar-refractivity contribution in [3.05, 3.63) is 131 Å². The van der Waals surface area contributed by atoms with Gasteiger partial charge in [-0.05, 0) is 100 Å². The van der Waals surface area contributed by atoms with Gasteiger partial charge in [0.15, 0.2) is 0 Å². The fourth-order valence-corrected chi connectivity index (χ4v) is 8.22. The molecule has 8 rings (SSSR count). The van der Waals surface area contributed by atoms with Crippen LogP contribution < -0.4 is 0 Å². The molecule has 0 radical (unpaired) electrons. The molecule has 0 saturated heterocycles. The maximum atomic E-state index is 2.51. The van der Waals surface area contributed by atoms with Crippen LogP contribution in [0.15, 0.2) is 109 Å². The molecule has 1 aromatic heterocycles. The van der Waals surface area contributed by atoms with Crippen molar-refractivity contribution in [2.24, 2.45) is 0 Å². The summed E-state index contributed by atoms with van der Waals surface area (Å²) in [6.45, 7) is 0. The van der Waals surface area contributed by atoms with Gasteiger partial charge in [-0.1, -0.05) is 97.1 Å². The van der Waals surface area contributed by atoms with Gasteiger partial charge < -0.3 is 0 Å². The van der Waals surface area contributed by atoms with E-state index >= 15 is 0 Å². The number of benzene rings is 5. The summed E-state index contributed by atoms with van der Waals surface area (Å²) in [7, 11) is 0. The van der Waals surface area contributed by atoms with Gasteiger partial charge in [-0.15, -0.1) is 11.3 Å². The van der Waals surface area contributed by atoms with Gasteiger partial charge in [0.2, 0.25) is 0 Å². The predicted molar refractivity (Wildman–Crippen MR) is 171 cm³/mol. The second kappa shape index (κ2) is 9.36. The van der Waals surface area contributed by atoms with Crippen LogP contribution in [0.25, 0.3) is 53.7 Å². The van der Waals surface area contributed by atoms with Gasteiger partial charge in [0.05, 0.1) is 0 Å². The molecule has 0 saturated carbocycles. The average Bonchev–Trinajstić information content (AvgIpc) is 3.38. The summed E-state index contributed by atoms with van der Waals surface area (Å²) >= 11 is 1.90. The number of allylic oxidation sites excluding steroid dienone is 3. The highest BCUT2D eigenvalue weighted by Gasteiger charge is 2.29. The highest BCUT2D eigenvalue weighted by Crippen LogP contribution is 2.49. The molecule has 39 heavy (non-hydrogen) atoms. The van der Waals surface area contributed by atoms with Crippen molar-refractivity contribution in [2.45, 2.75) is 38.0 Å². The van der Waals surface area contributed by atoms with Gasteiger partial charge in [-0.2, -0.15) is 0 Å². The number of thiophene rings is 1. The van der Waals surface area contributed by atoms with E-state index in [9.17, 15) is 0 Å². The van der Waals surface area contributed by atoms with Crippen molar-refractivity contribution in [2.75, 3.05) is 0 Å². The average molecular weight is 519 g/mol. The zero-order chi connectivity index (χ0) is 25.8. The molecule has 0 amide bonds. The molecule has 188 valence electrons. The molecule has 0 N–H and O–H groups in total. The van der Waals surface area contributed by atoms with E-state index < -0.39 is 0 Å². The molecule has 2 aliphatic rings. The van der Waals surface area contributed by atoms with E-state index in [1.807, 2.05) is 11.3 Å². The molecule has 0 fully saturated rings. The molecule has 0 aliphatic heterocycles. The van der Waals surface area contributed by atoms with Crippen LogP contribution in [0.3, 0.4) is 0 Å². The minimum absolute atomic E-state index is 0.417. The Bertz CT molecular complexity index is 1930. The second-order valence-electron chi connectivity index (χ2n) is 11.0. The van der Waals surface area contributed by atoms with Crippen molar-refractivity contribution in [1.29, 1.82) is 0 Å². The molecular formula is C38H30S. The summed E-state index contributed by atoms with van der Waals surface area (Å²) in [5, 5.41) is 5.57. The Labute approximate surface area is 233 Å². The molecule has 1 heteroatoms. The van der Waals surface area contributed by atoms with Crippen LogP contribution in [0, 0.1) is 0 Å². The van der Waals surface area contributed by atoms with Gasteiger partial charge >= 0.3 is 0 Å². The maximum absolute atomic E-state index is 2.51. The quantitative estimate of drug-likeness (QED) is 0.218. The highest BCUT2D eigenvalue weighted by atomic mass is 32.1. The van der Waals surface area contributed by atoms with Crippen LogP contribution in [0.5, 0.6) is 0 Å². The topological polar surface area (TPSA) is 0 Å². The third-order valence-corrected chi connectivity index (χ3v) is 9.96. The van der Waals surface area contributed by atoms with Crippen molar-refractivity contribution in [3.8, 4) is 11.1 Å². The molecule has 1 unspecified atom stereocenters. The molecule has 1 atom stereocenters. The molecule has 5 aromatic carbocycles. The van der Waals surface area contributed by atoms with Gasteiger partial charge in [0.25, 0.3) is 0 Å². The van der Waals surface area contributed by atoms with E-state index in [2.05, 4.69) is 115 Å². The minimum atomic E-state index is 0.417. The summed E-state index contributed by atoms with van der Waals surface area (Å²) < 4.78 is 2.74. The van der Waals surface area contributed by atoms with Crippen LogP contribution in [-0.4, -0.2) is 0 Å². The van der Waals surface area contributed by atoms with E-state index in [-0.39, 0.29) is 0 Å². The van der Waals surface area contributed by atoms with E-state index in [0.29, 0.717) is 5.92 Å². The summed E-state index contributed by atoms with van der Waals surface area (Å²) in [6, 6.07) is 36.3. The lowest BCUT2D eigenvalue weighted by Crippen LogP contribution is -2.12. The van der Waals surface area contributed by atoms with Crippen LogP contribution in [0.4, 0.5) is 0 Å². The molecule has 6 aromatic rings. The number of rotatable bonds is 3. The van der Waals surface area contributed by atoms with Crippen molar-refractivity contribution < 1.29 is 0 Å². The Kier molecular flexibility index (Phi) is 5.52. The van der Waals surface area contributed by atoms with Crippen LogP contribution in [0.2, 0.25) is 0 Å². The van der Waals surface area contributed by atoms with Gasteiger partial charge in [0, 0.05) is 26.1 Å². The monoisotopic (exact) mass is 518 g/mol. The summed E-state index contributed by atoms with van der Waals surface area (Å²) in [5.74, 6) is 0.417. The lowest BCUT2D eigenvalue weighted by molar-refractivity contribution is 0.670. The zero-order valence-corrected chi connectivity index (χ0v) is 22.8. The first kappa shape index (κ1) is 23.0. The fraction of sp³-hybridized carbons (Fsp3) is 0.158. The van der Waals surface area contributed by atoms with E-state index in [0.717, 1.165) is 12.8 Å². The molecule has 2 aliphatic carbocycles. The highest BCUT2D eigenvalue weighted by molar-refractivity contribution is 7.25. The lowest BCUT2D eigenvalue weighted by Gasteiger charge is -2.31. The normalized spacial score (nSPS) is 17.0. The third kappa shape index (κ3) is 3.72. The van der Waals surface area contributed by atoms with Gasteiger partial charge in [-0.3, -0.25) is 0 Å². The smallest absolute Gasteiger partial charge is 0.0355 e. The Morgan fingerprint density at radius 1 is 0.641 bits per heavy atom. The van der Waals surface area contributed by atoms with Crippen LogP contribution >= 0.6 is 11.3 Å². The Hall–Kier alpha value is -3.94. The first-order chi connectivity index (χ1) is 19.4. The SMILES string of the molecule is C1=Cc2c(c(-c3ccc4sc5ccccc5c4c3)c3ccccc3c2C2CCCC=C2c2ccccc2)CC1. The number of fused-ring (bicyclic) bond motifs is 5. The molecule has 1 heterocycles. The first-order valence-corrected chi connectivity index (χ1v) is 15.1. The third-order valence-electron chi connectivity index (χ3n) is 8.81. The molecule has 0 nitrogen and oxygen atoms in total.